The van der Waals surface area contributed by atoms with Crippen LogP contribution < -0.4 is 14.8 Å². The van der Waals surface area contributed by atoms with Gasteiger partial charge in [-0.05, 0) is 88.9 Å². The molecule has 5 rings (SSSR count). The van der Waals surface area contributed by atoms with Crippen LogP contribution in [0.25, 0.3) is 28.3 Å². The van der Waals surface area contributed by atoms with Crippen LogP contribution in [0, 0.1) is 5.82 Å². The topological polar surface area (TPSA) is 89.8 Å². The number of fused-ring (bicyclic) bond motifs is 1. The van der Waals surface area contributed by atoms with Gasteiger partial charge in [0.05, 0.1) is 38.3 Å². The fourth-order valence-corrected chi connectivity index (χ4v) is 5.41. The molecule has 2 N–H and O–H groups in total. The highest BCUT2D eigenvalue weighted by Crippen LogP contribution is 2.46. The smallest absolute Gasteiger partial charge is 0.336 e. The van der Waals surface area contributed by atoms with Crippen LogP contribution in [-0.4, -0.2) is 35.8 Å². The first-order valence-electron chi connectivity index (χ1n) is 13.4. The number of aromatic nitrogens is 1. The molecule has 42 heavy (non-hydrogen) atoms. The summed E-state index contributed by atoms with van der Waals surface area (Å²) < 4.78 is 27.8. The number of halogens is 1. The standard InChI is InChI=1S/C34H31FN2O5/c1-20-27(14-21-15-30(41-3)33(31(16-21)42-4)25-9-5-6-10-26(25)34(39)40)24-12-11-22(35)17-29(24)28(20)18-32(38)36-19-23-8-7-13-37(23)2/h5-17H,18-19H2,1-4H3,(H,36,38)(H,39,40)/b27-14-. The molecule has 0 fully saturated rings. The molecule has 4 aromatic rings. The average molecular weight is 567 g/mol. The number of hydrogen-bond acceptors (Lipinski definition) is 4. The lowest BCUT2D eigenvalue weighted by molar-refractivity contribution is -0.120. The molecule has 1 aromatic heterocycles. The maximum absolute atomic E-state index is 14.4. The molecule has 214 valence electrons. The van der Waals surface area contributed by atoms with E-state index >= 15 is 0 Å². The van der Waals surface area contributed by atoms with Gasteiger partial charge in [0, 0.05) is 24.5 Å². The van der Waals surface area contributed by atoms with Crippen molar-refractivity contribution >= 4 is 29.1 Å². The predicted octanol–water partition coefficient (Wildman–Crippen LogP) is 6.58. The molecular formula is C34H31FN2O5. The Morgan fingerprint density at radius 2 is 1.67 bits per heavy atom. The van der Waals surface area contributed by atoms with Crippen LogP contribution >= 0.6 is 0 Å². The van der Waals surface area contributed by atoms with E-state index in [9.17, 15) is 19.1 Å². The highest BCUT2D eigenvalue weighted by molar-refractivity contribution is 6.08. The van der Waals surface area contributed by atoms with Crippen LogP contribution in [0.2, 0.25) is 0 Å². The van der Waals surface area contributed by atoms with Crippen molar-refractivity contribution < 1.29 is 28.6 Å². The summed E-state index contributed by atoms with van der Waals surface area (Å²) in [6.07, 6.45) is 3.96. The van der Waals surface area contributed by atoms with Gasteiger partial charge in [0.1, 0.15) is 17.3 Å². The Balaban J connectivity index is 1.55. The normalized spacial score (nSPS) is 13.3. The van der Waals surface area contributed by atoms with Crippen molar-refractivity contribution in [3.8, 4) is 22.6 Å². The van der Waals surface area contributed by atoms with E-state index in [0.29, 0.717) is 34.7 Å². The number of aryl methyl sites for hydroxylation is 1. The van der Waals surface area contributed by atoms with Gasteiger partial charge in [0.2, 0.25) is 5.91 Å². The second-order valence-electron chi connectivity index (χ2n) is 10.1. The number of nitrogens with zero attached hydrogens (tertiary/aromatic N) is 1. The number of aromatic carboxylic acids is 1. The highest BCUT2D eigenvalue weighted by Gasteiger charge is 2.27. The van der Waals surface area contributed by atoms with E-state index in [4.69, 9.17) is 9.47 Å². The monoisotopic (exact) mass is 566 g/mol. The third kappa shape index (κ3) is 5.43. The summed E-state index contributed by atoms with van der Waals surface area (Å²) in [4.78, 5) is 24.9. The van der Waals surface area contributed by atoms with E-state index in [1.165, 1.54) is 32.4 Å². The SMILES string of the molecule is COc1cc(/C=C2/C(C)=C(CC(=O)NCc3cccn3C)c3cc(F)ccc32)cc(OC)c1-c1ccccc1C(=O)O. The number of carbonyl (C=O) groups excluding carboxylic acids is 1. The molecule has 0 saturated carbocycles. The molecular weight excluding hydrogens is 535 g/mol. The van der Waals surface area contributed by atoms with Crippen molar-refractivity contribution in [3.05, 3.63) is 112 Å². The van der Waals surface area contributed by atoms with E-state index in [1.807, 2.05) is 55.1 Å². The van der Waals surface area contributed by atoms with E-state index in [-0.39, 0.29) is 23.7 Å². The molecule has 7 nitrogen and oxygen atoms in total. The molecule has 1 aliphatic carbocycles. The van der Waals surface area contributed by atoms with Crippen LogP contribution in [0.15, 0.2) is 78.5 Å². The van der Waals surface area contributed by atoms with Crippen molar-refractivity contribution in [3.63, 3.8) is 0 Å². The van der Waals surface area contributed by atoms with E-state index < -0.39 is 5.97 Å². The van der Waals surface area contributed by atoms with Gasteiger partial charge in [0.25, 0.3) is 0 Å². The quantitative estimate of drug-likeness (QED) is 0.239. The first-order valence-corrected chi connectivity index (χ1v) is 13.4. The second kappa shape index (κ2) is 11.8. The van der Waals surface area contributed by atoms with Crippen molar-refractivity contribution in [2.45, 2.75) is 19.9 Å². The lowest BCUT2D eigenvalue weighted by atomic mass is 9.95. The molecule has 0 bridgehead atoms. The zero-order valence-corrected chi connectivity index (χ0v) is 23.8. The summed E-state index contributed by atoms with van der Waals surface area (Å²) >= 11 is 0. The van der Waals surface area contributed by atoms with Gasteiger partial charge < -0.3 is 24.5 Å². The summed E-state index contributed by atoms with van der Waals surface area (Å²) in [6.45, 7) is 2.32. The maximum atomic E-state index is 14.4. The van der Waals surface area contributed by atoms with Crippen LogP contribution in [0.3, 0.4) is 0 Å². The van der Waals surface area contributed by atoms with Gasteiger partial charge in [-0.1, -0.05) is 24.3 Å². The number of rotatable bonds is 9. The average Bonchev–Trinajstić information content (AvgIpc) is 3.50. The molecule has 0 saturated heterocycles. The molecule has 1 aliphatic rings. The Bertz CT molecular complexity index is 1740. The molecule has 0 aliphatic heterocycles. The fourth-order valence-electron chi connectivity index (χ4n) is 5.41. The van der Waals surface area contributed by atoms with Gasteiger partial charge >= 0.3 is 5.97 Å². The minimum Gasteiger partial charge on any atom is -0.496 e. The Kier molecular flexibility index (Phi) is 7.97. The Labute approximate surface area is 243 Å². The van der Waals surface area contributed by atoms with Crippen LogP contribution in [0.4, 0.5) is 4.39 Å². The molecule has 1 heterocycles. The number of carboxylic acid groups (broad SMARTS) is 1. The Morgan fingerprint density at radius 1 is 0.952 bits per heavy atom. The minimum atomic E-state index is -1.06. The zero-order valence-electron chi connectivity index (χ0n) is 23.8. The van der Waals surface area contributed by atoms with Gasteiger partial charge in [-0.25, -0.2) is 9.18 Å². The third-order valence-electron chi connectivity index (χ3n) is 7.57. The summed E-state index contributed by atoms with van der Waals surface area (Å²) in [5.41, 5.74) is 6.80. The summed E-state index contributed by atoms with van der Waals surface area (Å²) in [5, 5.41) is 12.7. The van der Waals surface area contributed by atoms with Crippen LogP contribution in [-0.2, 0) is 18.4 Å². The highest BCUT2D eigenvalue weighted by atomic mass is 19.1. The van der Waals surface area contributed by atoms with E-state index in [2.05, 4.69) is 5.32 Å². The lowest BCUT2D eigenvalue weighted by Gasteiger charge is -2.17. The fraction of sp³-hybridized carbons (Fsp3) is 0.176. The second-order valence-corrected chi connectivity index (χ2v) is 10.1. The Morgan fingerprint density at radius 3 is 2.31 bits per heavy atom. The summed E-state index contributed by atoms with van der Waals surface area (Å²) in [7, 11) is 4.95. The molecule has 0 atom stereocenters. The van der Waals surface area contributed by atoms with Crippen LogP contribution in [0.1, 0.15) is 46.1 Å². The van der Waals surface area contributed by atoms with Gasteiger partial charge in [0.15, 0.2) is 0 Å². The summed E-state index contributed by atoms with van der Waals surface area (Å²) in [6, 6.07) is 18.8. The molecule has 0 radical (unpaired) electrons. The van der Waals surface area contributed by atoms with E-state index in [0.717, 1.165) is 33.5 Å². The van der Waals surface area contributed by atoms with Crippen molar-refractivity contribution in [2.24, 2.45) is 7.05 Å². The van der Waals surface area contributed by atoms with Crippen molar-refractivity contribution in [2.75, 3.05) is 14.2 Å². The zero-order chi connectivity index (χ0) is 30.0. The number of allylic oxidation sites excluding steroid dienone is 2. The van der Waals surface area contributed by atoms with Crippen molar-refractivity contribution in [1.82, 2.24) is 9.88 Å². The minimum absolute atomic E-state index is 0.0988. The third-order valence-corrected chi connectivity index (χ3v) is 7.57. The number of hydrogen-bond donors (Lipinski definition) is 2. The number of benzene rings is 3. The molecule has 1 amide bonds. The molecule has 3 aromatic carbocycles. The van der Waals surface area contributed by atoms with Crippen molar-refractivity contribution in [1.29, 1.82) is 0 Å². The molecule has 0 spiro atoms. The first-order chi connectivity index (χ1) is 20.2. The number of carbonyl (C=O) groups is 2. The Hall–Kier alpha value is -5.11. The van der Waals surface area contributed by atoms with Gasteiger partial charge in [-0.3, -0.25) is 4.79 Å². The maximum Gasteiger partial charge on any atom is 0.336 e. The number of nitrogens with one attached hydrogen (secondary N) is 1. The largest absolute Gasteiger partial charge is 0.496 e. The lowest BCUT2D eigenvalue weighted by Crippen LogP contribution is -2.23. The molecule has 0 unspecified atom stereocenters. The predicted molar refractivity (Wildman–Crippen MR) is 161 cm³/mol. The first kappa shape index (κ1) is 28.4. The van der Waals surface area contributed by atoms with Crippen LogP contribution in [0.5, 0.6) is 11.5 Å². The van der Waals surface area contributed by atoms with Gasteiger partial charge in [-0.15, -0.1) is 0 Å². The number of ether oxygens (including phenoxy) is 2. The summed E-state index contributed by atoms with van der Waals surface area (Å²) in [5.74, 6) is -0.721. The van der Waals surface area contributed by atoms with Gasteiger partial charge in [-0.2, -0.15) is 0 Å². The number of methoxy groups -OCH3 is 2. The number of amides is 1. The van der Waals surface area contributed by atoms with E-state index in [1.54, 1.807) is 24.3 Å². The number of carboxylic acids is 1. The molecule has 8 heteroatoms.